The Morgan fingerprint density at radius 3 is 2.39 bits per heavy atom. The van der Waals surface area contributed by atoms with Gasteiger partial charge in [0.2, 0.25) is 0 Å². The standard InChI is InChI=1S/C24H26N2O5/c1-15-10-21(29-4)22(30-5)12-17(15)13-26(3)23(27)14-31-24(28)19-11-16(2)25-20-9-7-6-8-18(19)20/h6-12H,13-14H2,1-5H3. The molecule has 0 saturated heterocycles. The van der Waals surface area contributed by atoms with Gasteiger partial charge >= 0.3 is 5.97 Å². The monoisotopic (exact) mass is 422 g/mol. The van der Waals surface area contributed by atoms with Gasteiger partial charge in [-0.2, -0.15) is 0 Å². The van der Waals surface area contributed by atoms with E-state index in [0.29, 0.717) is 40.2 Å². The third kappa shape index (κ3) is 4.94. The van der Waals surface area contributed by atoms with Gasteiger partial charge in [-0.3, -0.25) is 9.78 Å². The van der Waals surface area contributed by atoms with Crippen LogP contribution in [0.3, 0.4) is 0 Å². The van der Waals surface area contributed by atoms with Crippen molar-refractivity contribution in [3.05, 3.63) is 64.8 Å². The van der Waals surface area contributed by atoms with Crippen molar-refractivity contribution >= 4 is 22.8 Å². The van der Waals surface area contributed by atoms with Crippen LogP contribution in [-0.2, 0) is 16.1 Å². The third-order valence-corrected chi connectivity index (χ3v) is 5.07. The number of aryl methyl sites for hydroxylation is 2. The summed E-state index contributed by atoms with van der Waals surface area (Å²) >= 11 is 0. The first-order valence-corrected chi connectivity index (χ1v) is 9.83. The molecule has 0 spiro atoms. The fraction of sp³-hybridized carbons (Fsp3) is 0.292. The highest BCUT2D eigenvalue weighted by molar-refractivity contribution is 6.04. The van der Waals surface area contributed by atoms with Gasteiger partial charge < -0.3 is 19.1 Å². The van der Waals surface area contributed by atoms with E-state index in [0.717, 1.165) is 11.1 Å². The molecule has 0 saturated carbocycles. The molecule has 2 aromatic carbocycles. The van der Waals surface area contributed by atoms with Crippen molar-refractivity contribution in [1.29, 1.82) is 0 Å². The number of pyridine rings is 1. The van der Waals surface area contributed by atoms with E-state index in [1.165, 1.54) is 4.90 Å². The first-order chi connectivity index (χ1) is 14.8. The van der Waals surface area contributed by atoms with Crippen molar-refractivity contribution in [3.8, 4) is 11.5 Å². The molecular weight excluding hydrogens is 396 g/mol. The van der Waals surface area contributed by atoms with E-state index in [1.54, 1.807) is 27.3 Å². The molecular formula is C24H26N2O5. The summed E-state index contributed by atoms with van der Waals surface area (Å²) in [5.74, 6) is 0.366. The van der Waals surface area contributed by atoms with Gasteiger partial charge in [0.15, 0.2) is 18.1 Å². The number of hydrogen-bond acceptors (Lipinski definition) is 6. The van der Waals surface area contributed by atoms with Gasteiger partial charge in [-0.15, -0.1) is 0 Å². The summed E-state index contributed by atoms with van der Waals surface area (Å²) < 4.78 is 16.0. The van der Waals surface area contributed by atoms with Crippen LogP contribution in [0.25, 0.3) is 10.9 Å². The lowest BCUT2D eigenvalue weighted by atomic mass is 10.1. The molecule has 0 radical (unpaired) electrons. The van der Waals surface area contributed by atoms with Crippen LogP contribution in [0.15, 0.2) is 42.5 Å². The Hall–Kier alpha value is -3.61. The number of likely N-dealkylation sites (N-methyl/N-ethyl adjacent to an activating group) is 1. The molecule has 0 aliphatic rings. The van der Waals surface area contributed by atoms with Crippen LogP contribution in [0.5, 0.6) is 11.5 Å². The van der Waals surface area contributed by atoms with Crippen molar-refractivity contribution in [2.45, 2.75) is 20.4 Å². The van der Waals surface area contributed by atoms with Gasteiger partial charge in [-0.25, -0.2) is 4.79 Å². The highest BCUT2D eigenvalue weighted by atomic mass is 16.5. The van der Waals surface area contributed by atoms with E-state index in [1.807, 2.05) is 50.2 Å². The van der Waals surface area contributed by atoms with Crippen LogP contribution >= 0.6 is 0 Å². The number of ether oxygens (including phenoxy) is 3. The summed E-state index contributed by atoms with van der Waals surface area (Å²) in [6.45, 7) is 3.75. The summed E-state index contributed by atoms with van der Waals surface area (Å²) in [5.41, 5.74) is 3.69. The SMILES string of the molecule is COc1cc(C)c(CN(C)C(=O)COC(=O)c2cc(C)nc3ccccc23)cc1OC. The normalized spacial score (nSPS) is 10.6. The Morgan fingerprint density at radius 1 is 1.00 bits per heavy atom. The maximum absolute atomic E-state index is 12.7. The molecule has 0 atom stereocenters. The molecule has 3 aromatic rings. The first-order valence-electron chi connectivity index (χ1n) is 9.83. The van der Waals surface area contributed by atoms with E-state index in [2.05, 4.69) is 4.98 Å². The minimum Gasteiger partial charge on any atom is -0.493 e. The number of esters is 1. The average molecular weight is 422 g/mol. The van der Waals surface area contributed by atoms with Gasteiger partial charge in [-0.1, -0.05) is 18.2 Å². The molecule has 1 amide bonds. The second-order valence-corrected chi connectivity index (χ2v) is 7.29. The molecule has 3 rings (SSSR count). The molecule has 0 aliphatic carbocycles. The first kappa shape index (κ1) is 22.1. The summed E-state index contributed by atoms with van der Waals surface area (Å²) in [5, 5.41) is 0.694. The quantitative estimate of drug-likeness (QED) is 0.541. The second kappa shape index (κ2) is 9.47. The fourth-order valence-corrected chi connectivity index (χ4v) is 3.33. The van der Waals surface area contributed by atoms with Gasteiger partial charge in [0.05, 0.1) is 25.3 Å². The maximum Gasteiger partial charge on any atom is 0.339 e. The highest BCUT2D eigenvalue weighted by Crippen LogP contribution is 2.30. The number of amides is 1. The number of nitrogens with zero attached hydrogens (tertiary/aromatic N) is 2. The summed E-state index contributed by atoms with van der Waals surface area (Å²) in [6, 6.07) is 12.7. The Balaban J connectivity index is 1.68. The lowest BCUT2D eigenvalue weighted by molar-refractivity contribution is -0.133. The number of hydrogen-bond donors (Lipinski definition) is 0. The van der Waals surface area contributed by atoms with Crippen molar-refractivity contribution < 1.29 is 23.8 Å². The van der Waals surface area contributed by atoms with E-state index in [-0.39, 0.29) is 12.5 Å². The average Bonchev–Trinajstić information content (AvgIpc) is 2.77. The fourth-order valence-electron chi connectivity index (χ4n) is 3.33. The van der Waals surface area contributed by atoms with E-state index in [4.69, 9.17) is 14.2 Å². The number of carbonyl (C=O) groups is 2. The zero-order valence-electron chi connectivity index (χ0n) is 18.4. The second-order valence-electron chi connectivity index (χ2n) is 7.29. The van der Waals surface area contributed by atoms with E-state index >= 15 is 0 Å². The molecule has 7 heteroatoms. The van der Waals surface area contributed by atoms with Crippen molar-refractivity contribution in [3.63, 3.8) is 0 Å². The summed E-state index contributed by atoms with van der Waals surface area (Å²) in [4.78, 5) is 31.2. The van der Waals surface area contributed by atoms with Crippen molar-refractivity contribution in [2.75, 3.05) is 27.9 Å². The van der Waals surface area contributed by atoms with Crippen LogP contribution in [-0.4, -0.2) is 49.6 Å². The molecule has 7 nitrogen and oxygen atoms in total. The number of benzene rings is 2. The molecule has 0 N–H and O–H groups in total. The van der Waals surface area contributed by atoms with Gasteiger partial charge in [0.25, 0.3) is 5.91 Å². The topological polar surface area (TPSA) is 78.0 Å². The smallest absolute Gasteiger partial charge is 0.339 e. The van der Waals surface area contributed by atoms with Gasteiger partial charge in [-0.05, 0) is 49.2 Å². The van der Waals surface area contributed by atoms with Crippen LogP contribution in [0.2, 0.25) is 0 Å². The molecule has 0 bridgehead atoms. The van der Waals surface area contributed by atoms with Crippen LogP contribution in [0.4, 0.5) is 0 Å². The number of aromatic nitrogens is 1. The lowest BCUT2D eigenvalue weighted by Crippen LogP contribution is -2.31. The van der Waals surface area contributed by atoms with Crippen LogP contribution in [0.1, 0.15) is 27.2 Å². The van der Waals surface area contributed by atoms with E-state index < -0.39 is 5.97 Å². The predicted octanol–water partition coefficient (Wildman–Crippen LogP) is 3.68. The van der Waals surface area contributed by atoms with Crippen LogP contribution < -0.4 is 9.47 Å². The highest BCUT2D eigenvalue weighted by Gasteiger charge is 2.18. The minimum atomic E-state index is -0.550. The predicted molar refractivity (Wildman–Crippen MR) is 118 cm³/mol. The molecule has 1 aromatic heterocycles. The zero-order valence-corrected chi connectivity index (χ0v) is 18.4. The third-order valence-electron chi connectivity index (χ3n) is 5.07. The molecule has 0 aliphatic heterocycles. The Kier molecular flexibility index (Phi) is 6.74. The lowest BCUT2D eigenvalue weighted by Gasteiger charge is -2.20. The largest absolute Gasteiger partial charge is 0.493 e. The Bertz CT molecular complexity index is 1130. The summed E-state index contributed by atoms with van der Waals surface area (Å²) in [6.07, 6.45) is 0. The molecule has 162 valence electrons. The molecule has 31 heavy (non-hydrogen) atoms. The Labute approximate surface area is 181 Å². The number of fused-ring (bicyclic) bond motifs is 1. The minimum absolute atomic E-state index is 0.308. The molecule has 0 fully saturated rings. The molecule has 0 unspecified atom stereocenters. The van der Waals surface area contributed by atoms with Gasteiger partial charge in [0.1, 0.15) is 0 Å². The number of carbonyl (C=O) groups excluding carboxylic acids is 2. The number of para-hydroxylation sites is 1. The Morgan fingerprint density at radius 2 is 1.68 bits per heavy atom. The zero-order chi connectivity index (χ0) is 22.5. The number of rotatable bonds is 7. The van der Waals surface area contributed by atoms with Crippen LogP contribution in [0, 0.1) is 13.8 Å². The maximum atomic E-state index is 12.7. The number of methoxy groups -OCH3 is 2. The van der Waals surface area contributed by atoms with Gasteiger partial charge in [0, 0.05) is 24.7 Å². The van der Waals surface area contributed by atoms with Crippen molar-refractivity contribution in [1.82, 2.24) is 9.88 Å². The van der Waals surface area contributed by atoms with E-state index in [9.17, 15) is 9.59 Å². The molecule has 1 heterocycles. The van der Waals surface area contributed by atoms with Crippen molar-refractivity contribution in [2.24, 2.45) is 0 Å². The summed E-state index contributed by atoms with van der Waals surface area (Å²) in [7, 11) is 4.81.